The Hall–Kier alpha value is -2.47. The Morgan fingerprint density at radius 1 is 1.30 bits per heavy atom. The van der Waals surface area contributed by atoms with Gasteiger partial charge >= 0.3 is 0 Å². The molecule has 3 aromatic rings. The maximum Gasteiger partial charge on any atom is 0.273 e. The van der Waals surface area contributed by atoms with Crippen LogP contribution in [0.2, 0.25) is 0 Å². The predicted molar refractivity (Wildman–Crippen MR) is 86.7 cm³/mol. The molecule has 2 heterocycles. The van der Waals surface area contributed by atoms with Crippen LogP contribution in [0, 0.1) is 5.82 Å². The summed E-state index contributed by atoms with van der Waals surface area (Å²) in [5.41, 5.74) is 1.24. The highest BCUT2D eigenvalue weighted by Crippen LogP contribution is 2.26. The van der Waals surface area contributed by atoms with Gasteiger partial charge in [-0.1, -0.05) is 12.1 Å². The van der Waals surface area contributed by atoms with Gasteiger partial charge in [-0.15, -0.1) is 11.3 Å². The molecule has 0 radical (unpaired) electrons. The Kier molecular flexibility index (Phi) is 4.25. The Morgan fingerprint density at radius 2 is 2.04 bits per heavy atom. The second-order valence-corrected chi connectivity index (χ2v) is 6.02. The Balaban J connectivity index is 1.78. The summed E-state index contributed by atoms with van der Waals surface area (Å²) in [6.45, 7) is 1.89. The van der Waals surface area contributed by atoms with E-state index in [4.69, 9.17) is 4.42 Å². The molecule has 0 N–H and O–H groups in total. The highest BCUT2D eigenvalue weighted by molar-refractivity contribution is 7.13. The van der Waals surface area contributed by atoms with Crippen molar-refractivity contribution < 1.29 is 13.6 Å². The smallest absolute Gasteiger partial charge is 0.273 e. The molecule has 1 atom stereocenters. The second-order valence-electron chi connectivity index (χ2n) is 5.16. The third kappa shape index (κ3) is 3.17. The summed E-state index contributed by atoms with van der Waals surface area (Å²) in [6.07, 6.45) is 1.57. The number of thiazole rings is 1. The molecule has 0 bridgehead atoms. The van der Waals surface area contributed by atoms with Crippen LogP contribution in [0.3, 0.4) is 0 Å². The third-order valence-electron chi connectivity index (χ3n) is 3.71. The van der Waals surface area contributed by atoms with Gasteiger partial charge in [-0.25, -0.2) is 9.37 Å². The van der Waals surface area contributed by atoms with Crippen molar-refractivity contribution in [3.63, 3.8) is 0 Å². The zero-order valence-corrected chi connectivity index (χ0v) is 13.5. The minimum Gasteiger partial charge on any atom is -0.462 e. The molecule has 0 aliphatic rings. The van der Waals surface area contributed by atoms with E-state index >= 15 is 0 Å². The van der Waals surface area contributed by atoms with E-state index in [9.17, 15) is 9.18 Å². The second kappa shape index (κ2) is 6.34. The Bertz CT molecular complexity index is 796. The van der Waals surface area contributed by atoms with Crippen LogP contribution in [0.15, 0.2) is 52.5 Å². The number of carbonyl (C=O) groups is 1. The van der Waals surface area contributed by atoms with Crippen LogP contribution >= 0.6 is 11.3 Å². The van der Waals surface area contributed by atoms with Gasteiger partial charge in [0.2, 0.25) is 0 Å². The van der Waals surface area contributed by atoms with Crippen LogP contribution in [0.5, 0.6) is 0 Å². The molecule has 0 aliphatic carbocycles. The monoisotopic (exact) mass is 330 g/mol. The first-order valence-electron chi connectivity index (χ1n) is 7.08. The number of hydrogen-bond donors (Lipinski definition) is 0. The summed E-state index contributed by atoms with van der Waals surface area (Å²) in [5, 5.41) is 2.38. The standard InChI is InChI=1S/C17H15FN2O2S/c1-11(12-5-7-13(18)8-6-12)20(2)17(21)14-10-23-16(19-14)15-4-3-9-22-15/h3-11H,1-2H3. The van der Waals surface area contributed by atoms with Gasteiger partial charge in [0.15, 0.2) is 10.8 Å². The lowest BCUT2D eigenvalue weighted by Crippen LogP contribution is -2.29. The number of halogens is 1. The highest BCUT2D eigenvalue weighted by atomic mass is 32.1. The fraction of sp³-hybridized carbons (Fsp3) is 0.176. The van der Waals surface area contributed by atoms with Crippen molar-refractivity contribution in [3.05, 3.63) is 65.1 Å². The van der Waals surface area contributed by atoms with Crippen LogP contribution in [0.1, 0.15) is 29.0 Å². The SMILES string of the molecule is CC(c1ccc(F)cc1)N(C)C(=O)c1csc(-c2ccco2)n1. The molecule has 0 fully saturated rings. The zero-order valence-electron chi connectivity index (χ0n) is 12.7. The largest absolute Gasteiger partial charge is 0.462 e. The van der Waals surface area contributed by atoms with Gasteiger partial charge in [-0.05, 0) is 36.8 Å². The van der Waals surface area contributed by atoms with Gasteiger partial charge < -0.3 is 9.32 Å². The van der Waals surface area contributed by atoms with E-state index in [0.29, 0.717) is 16.5 Å². The molecular formula is C17H15FN2O2S. The number of hydrogen-bond acceptors (Lipinski definition) is 4. The summed E-state index contributed by atoms with van der Waals surface area (Å²) >= 11 is 1.36. The number of benzene rings is 1. The maximum atomic E-state index is 13.0. The number of aromatic nitrogens is 1. The van der Waals surface area contributed by atoms with Crippen LogP contribution in [0.25, 0.3) is 10.8 Å². The maximum absolute atomic E-state index is 13.0. The Morgan fingerprint density at radius 3 is 2.70 bits per heavy atom. The number of carbonyl (C=O) groups excluding carboxylic acids is 1. The summed E-state index contributed by atoms with van der Waals surface area (Å²) in [6, 6.07) is 9.54. The first-order chi connectivity index (χ1) is 11.1. The quantitative estimate of drug-likeness (QED) is 0.713. The third-order valence-corrected chi connectivity index (χ3v) is 4.57. The normalized spacial score (nSPS) is 12.1. The van der Waals surface area contributed by atoms with E-state index in [-0.39, 0.29) is 17.8 Å². The van der Waals surface area contributed by atoms with Crippen LogP contribution in [-0.4, -0.2) is 22.8 Å². The van der Waals surface area contributed by atoms with E-state index in [2.05, 4.69) is 4.98 Å². The summed E-state index contributed by atoms with van der Waals surface area (Å²) in [7, 11) is 1.71. The lowest BCUT2D eigenvalue weighted by molar-refractivity contribution is 0.0737. The molecule has 4 nitrogen and oxygen atoms in total. The summed E-state index contributed by atoms with van der Waals surface area (Å²) < 4.78 is 18.3. The molecule has 2 aromatic heterocycles. The van der Waals surface area contributed by atoms with Gasteiger partial charge in [0, 0.05) is 12.4 Å². The molecule has 0 saturated heterocycles. The first-order valence-corrected chi connectivity index (χ1v) is 7.96. The fourth-order valence-corrected chi connectivity index (χ4v) is 2.97. The van der Waals surface area contributed by atoms with Crippen molar-refractivity contribution >= 4 is 17.2 Å². The number of rotatable bonds is 4. The van der Waals surface area contributed by atoms with Gasteiger partial charge in [0.25, 0.3) is 5.91 Å². The summed E-state index contributed by atoms with van der Waals surface area (Å²) in [4.78, 5) is 18.5. The molecule has 1 unspecified atom stereocenters. The number of nitrogens with zero attached hydrogens (tertiary/aromatic N) is 2. The minimum atomic E-state index is -0.294. The molecule has 0 saturated carbocycles. The molecule has 3 rings (SSSR count). The van der Waals surface area contributed by atoms with Gasteiger partial charge in [-0.3, -0.25) is 4.79 Å². The predicted octanol–water partition coefficient (Wildman–Crippen LogP) is 4.38. The number of amides is 1. The topological polar surface area (TPSA) is 46.3 Å². The average Bonchev–Trinajstić information content (AvgIpc) is 3.24. The molecule has 23 heavy (non-hydrogen) atoms. The van der Waals surface area contributed by atoms with Gasteiger partial charge in [0.05, 0.1) is 12.3 Å². The molecule has 0 aliphatic heterocycles. The highest BCUT2D eigenvalue weighted by Gasteiger charge is 2.22. The lowest BCUT2D eigenvalue weighted by atomic mass is 10.1. The van der Waals surface area contributed by atoms with Crippen LogP contribution in [-0.2, 0) is 0 Å². The van der Waals surface area contributed by atoms with E-state index < -0.39 is 0 Å². The Labute approximate surface area is 137 Å². The van der Waals surface area contributed by atoms with Crippen molar-refractivity contribution in [2.45, 2.75) is 13.0 Å². The zero-order chi connectivity index (χ0) is 16.4. The van der Waals surface area contributed by atoms with E-state index in [1.807, 2.05) is 6.92 Å². The van der Waals surface area contributed by atoms with Crippen molar-refractivity contribution in [2.75, 3.05) is 7.05 Å². The van der Waals surface area contributed by atoms with E-state index in [0.717, 1.165) is 5.56 Å². The molecule has 1 aromatic carbocycles. The van der Waals surface area contributed by atoms with Crippen LogP contribution < -0.4 is 0 Å². The van der Waals surface area contributed by atoms with E-state index in [1.54, 1.807) is 47.9 Å². The molecule has 6 heteroatoms. The molecule has 118 valence electrons. The lowest BCUT2D eigenvalue weighted by Gasteiger charge is -2.24. The van der Waals surface area contributed by atoms with Gasteiger partial charge in [0.1, 0.15) is 11.5 Å². The average molecular weight is 330 g/mol. The van der Waals surface area contributed by atoms with E-state index in [1.165, 1.54) is 23.5 Å². The van der Waals surface area contributed by atoms with Crippen molar-refractivity contribution in [2.24, 2.45) is 0 Å². The minimum absolute atomic E-state index is 0.183. The first kappa shape index (κ1) is 15.4. The van der Waals surface area contributed by atoms with Gasteiger partial charge in [-0.2, -0.15) is 0 Å². The van der Waals surface area contributed by atoms with Crippen molar-refractivity contribution in [1.29, 1.82) is 0 Å². The summed E-state index contributed by atoms with van der Waals surface area (Å²) in [5.74, 6) is 0.164. The van der Waals surface area contributed by atoms with Crippen LogP contribution in [0.4, 0.5) is 4.39 Å². The molecule has 0 spiro atoms. The fourth-order valence-electron chi connectivity index (χ4n) is 2.21. The van der Waals surface area contributed by atoms with Crippen molar-refractivity contribution in [3.8, 4) is 10.8 Å². The number of furan rings is 1. The molecular weight excluding hydrogens is 315 g/mol. The van der Waals surface area contributed by atoms with Crippen molar-refractivity contribution in [1.82, 2.24) is 9.88 Å². The molecule has 1 amide bonds.